The molecule has 0 unspecified atom stereocenters. The fourth-order valence-electron chi connectivity index (χ4n) is 1.89. The van der Waals surface area contributed by atoms with Crippen LogP contribution in [0.5, 0.6) is 17.6 Å². The molecule has 1 amide bonds. The van der Waals surface area contributed by atoms with Gasteiger partial charge in [-0.3, -0.25) is 4.79 Å². The molecular weight excluding hydrogens is 308 g/mol. The van der Waals surface area contributed by atoms with E-state index in [4.69, 9.17) is 9.47 Å². The van der Waals surface area contributed by atoms with Gasteiger partial charge in [-0.2, -0.15) is 0 Å². The number of carbonyl (C=O) groups excluding carboxylic acids is 1. The normalized spacial score (nSPS) is 10.0. The molecule has 24 heavy (non-hydrogen) atoms. The van der Waals surface area contributed by atoms with Crippen LogP contribution >= 0.6 is 0 Å². The van der Waals surface area contributed by atoms with E-state index in [0.717, 1.165) is 0 Å². The molecule has 0 aliphatic carbocycles. The molecule has 2 heterocycles. The first-order chi connectivity index (χ1) is 11.7. The number of carbonyl (C=O) groups is 1. The minimum Gasteiger partial charge on any atom is -0.481 e. The molecule has 7 heteroatoms. The summed E-state index contributed by atoms with van der Waals surface area (Å²) in [4.78, 5) is 24.1. The number of rotatable bonds is 5. The lowest BCUT2D eigenvalue weighted by Gasteiger charge is -2.07. The van der Waals surface area contributed by atoms with Crippen LogP contribution in [0, 0.1) is 0 Å². The zero-order valence-electron chi connectivity index (χ0n) is 12.8. The van der Waals surface area contributed by atoms with E-state index in [1.54, 1.807) is 54.9 Å². The second-order valence-corrected chi connectivity index (χ2v) is 4.70. The van der Waals surface area contributed by atoms with Crippen molar-refractivity contribution in [2.75, 3.05) is 12.4 Å². The van der Waals surface area contributed by atoms with Crippen LogP contribution in [-0.4, -0.2) is 28.0 Å². The second kappa shape index (κ2) is 7.19. The lowest BCUT2D eigenvalue weighted by Crippen LogP contribution is -2.12. The fourth-order valence-corrected chi connectivity index (χ4v) is 1.89. The van der Waals surface area contributed by atoms with Gasteiger partial charge in [0.05, 0.1) is 12.7 Å². The number of hydrogen-bond acceptors (Lipinski definition) is 6. The number of ether oxygens (including phenoxy) is 2. The molecule has 0 radical (unpaired) electrons. The Bertz CT molecular complexity index is 806. The van der Waals surface area contributed by atoms with Crippen LogP contribution in [0.25, 0.3) is 0 Å². The number of aromatic nitrogens is 3. The molecule has 0 bridgehead atoms. The molecule has 0 spiro atoms. The van der Waals surface area contributed by atoms with Crippen molar-refractivity contribution in [1.82, 2.24) is 15.0 Å². The molecule has 0 aliphatic rings. The topological polar surface area (TPSA) is 86.2 Å². The Morgan fingerprint density at radius 1 is 1.00 bits per heavy atom. The summed E-state index contributed by atoms with van der Waals surface area (Å²) < 4.78 is 10.5. The molecular formula is C17H14N4O3. The smallest absolute Gasteiger partial charge is 0.321 e. The maximum atomic E-state index is 12.1. The van der Waals surface area contributed by atoms with E-state index in [-0.39, 0.29) is 11.9 Å². The predicted octanol–water partition coefficient (Wildman–Crippen LogP) is 2.92. The SMILES string of the molecule is COc1ccc(C(=O)Nc2ccc(Oc3ncccn3)cc2)cn1. The van der Waals surface area contributed by atoms with Gasteiger partial charge in [-0.15, -0.1) is 0 Å². The Balaban J connectivity index is 1.64. The molecule has 2 aromatic heterocycles. The van der Waals surface area contributed by atoms with Crippen LogP contribution < -0.4 is 14.8 Å². The first kappa shape index (κ1) is 15.4. The van der Waals surface area contributed by atoms with Gasteiger partial charge in [0.2, 0.25) is 5.88 Å². The summed E-state index contributed by atoms with van der Waals surface area (Å²) in [5, 5.41) is 2.78. The third kappa shape index (κ3) is 3.83. The predicted molar refractivity (Wildman–Crippen MR) is 87.3 cm³/mol. The van der Waals surface area contributed by atoms with E-state index in [9.17, 15) is 4.79 Å². The highest BCUT2D eigenvalue weighted by Crippen LogP contribution is 2.20. The largest absolute Gasteiger partial charge is 0.481 e. The van der Waals surface area contributed by atoms with Gasteiger partial charge in [-0.05, 0) is 36.4 Å². The van der Waals surface area contributed by atoms with Crippen molar-refractivity contribution in [1.29, 1.82) is 0 Å². The number of methoxy groups -OCH3 is 1. The number of nitrogens with one attached hydrogen (secondary N) is 1. The van der Waals surface area contributed by atoms with E-state index in [1.807, 2.05) is 0 Å². The summed E-state index contributed by atoms with van der Waals surface area (Å²) in [5.74, 6) is 0.770. The summed E-state index contributed by atoms with van der Waals surface area (Å²) >= 11 is 0. The van der Waals surface area contributed by atoms with Gasteiger partial charge in [0.1, 0.15) is 5.75 Å². The number of hydrogen-bond donors (Lipinski definition) is 1. The lowest BCUT2D eigenvalue weighted by atomic mass is 10.2. The van der Waals surface area contributed by atoms with Gasteiger partial charge in [0, 0.05) is 30.3 Å². The quantitative estimate of drug-likeness (QED) is 0.777. The average Bonchev–Trinajstić information content (AvgIpc) is 2.64. The maximum Gasteiger partial charge on any atom is 0.321 e. The molecule has 7 nitrogen and oxygen atoms in total. The lowest BCUT2D eigenvalue weighted by molar-refractivity contribution is 0.102. The van der Waals surface area contributed by atoms with Gasteiger partial charge in [-0.25, -0.2) is 15.0 Å². The first-order valence-electron chi connectivity index (χ1n) is 7.11. The van der Waals surface area contributed by atoms with Gasteiger partial charge < -0.3 is 14.8 Å². The van der Waals surface area contributed by atoms with Crippen LogP contribution in [0.3, 0.4) is 0 Å². The van der Waals surface area contributed by atoms with E-state index < -0.39 is 0 Å². The van der Waals surface area contributed by atoms with Crippen molar-refractivity contribution in [3.8, 4) is 17.6 Å². The van der Waals surface area contributed by atoms with E-state index >= 15 is 0 Å². The Labute approximate surface area is 138 Å². The molecule has 0 saturated carbocycles. The molecule has 1 N–H and O–H groups in total. The van der Waals surface area contributed by atoms with Crippen molar-refractivity contribution in [3.05, 3.63) is 66.6 Å². The van der Waals surface area contributed by atoms with Gasteiger partial charge >= 0.3 is 6.01 Å². The van der Waals surface area contributed by atoms with E-state index in [1.165, 1.54) is 13.3 Å². The zero-order valence-corrected chi connectivity index (χ0v) is 12.8. The molecule has 120 valence electrons. The van der Waals surface area contributed by atoms with Crippen LogP contribution in [-0.2, 0) is 0 Å². The van der Waals surface area contributed by atoms with Crippen LogP contribution in [0.15, 0.2) is 61.1 Å². The molecule has 1 aromatic carbocycles. The van der Waals surface area contributed by atoms with E-state index in [0.29, 0.717) is 22.9 Å². The molecule has 0 atom stereocenters. The average molecular weight is 322 g/mol. The Morgan fingerprint density at radius 3 is 2.38 bits per heavy atom. The summed E-state index contributed by atoms with van der Waals surface area (Å²) in [6.07, 6.45) is 4.65. The number of nitrogens with zero attached hydrogens (tertiary/aromatic N) is 3. The number of benzene rings is 1. The highest BCUT2D eigenvalue weighted by molar-refractivity contribution is 6.04. The third-order valence-corrected chi connectivity index (χ3v) is 3.07. The fraction of sp³-hybridized carbons (Fsp3) is 0.0588. The molecule has 0 fully saturated rings. The van der Waals surface area contributed by atoms with Crippen molar-refractivity contribution >= 4 is 11.6 Å². The standard InChI is InChI=1S/C17H14N4O3/c1-23-15-8-3-12(11-20-15)16(22)21-13-4-6-14(7-5-13)24-17-18-9-2-10-19-17/h2-11H,1H3,(H,21,22). The van der Waals surface area contributed by atoms with Gasteiger partial charge in [0.25, 0.3) is 5.91 Å². The van der Waals surface area contributed by atoms with Crippen molar-refractivity contribution in [2.45, 2.75) is 0 Å². The zero-order chi connectivity index (χ0) is 16.8. The molecule has 3 rings (SSSR count). The summed E-state index contributed by atoms with van der Waals surface area (Å²) in [6.45, 7) is 0. The minimum atomic E-state index is -0.259. The van der Waals surface area contributed by atoms with Gasteiger partial charge in [0.15, 0.2) is 0 Å². The summed E-state index contributed by atoms with van der Waals surface area (Å²) in [6, 6.07) is 12.1. The first-order valence-corrected chi connectivity index (χ1v) is 7.11. The monoisotopic (exact) mass is 322 g/mol. The van der Waals surface area contributed by atoms with Crippen molar-refractivity contribution < 1.29 is 14.3 Å². The third-order valence-electron chi connectivity index (χ3n) is 3.07. The Morgan fingerprint density at radius 2 is 1.75 bits per heavy atom. The number of pyridine rings is 1. The number of amides is 1. The van der Waals surface area contributed by atoms with E-state index in [2.05, 4.69) is 20.3 Å². The highest BCUT2D eigenvalue weighted by atomic mass is 16.5. The minimum absolute atomic E-state index is 0.259. The van der Waals surface area contributed by atoms with Crippen LogP contribution in [0.1, 0.15) is 10.4 Å². The Kier molecular flexibility index (Phi) is 4.62. The van der Waals surface area contributed by atoms with Crippen LogP contribution in [0.2, 0.25) is 0 Å². The van der Waals surface area contributed by atoms with Crippen molar-refractivity contribution in [2.24, 2.45) is 0 Å². The molecule has 0 saturated heterocycles. The summed E-state index contributed by atoms with van der Waals surface area (Å²) in [5.41, 5.74) is 1.07. The maximum absolute atomic E-state index is 12.1. The van der Waals surface area contributed by atoms with Gasteiger partial charge in [-0.1, -0.05) is 0 Å². The van der Waals surface area contributed by atoms with Crippen molar-refractivity contribution in [3.63, 3.8) is 0 Å². The number of anilines is 1. The second-order valence-electron chi connectivity index (χ2n) is 4.70. The summed E-state index contributed by atoms with van der Waals surface area (Å²) in [7, 11) is 1.52. The highest BCUT2D eigenvalue weighted by Gasteiger charge is 2.07. The molecule has 0 aliphatic heterocycles. The Hall–Kier alpha value is -3.48. The molecule has 3 aromatic rings. The van der Waals surface area contributed by atoms with Crippen LogP contribution in [0.4, 0.5) is 5.69 Å².